The van der Waals surface area contributed by atoms with Crippen LogP contribution in [0.2, 0.25) is 0 Å². The maximum Gasteiger partial charge on any atom is 0.164 e. The molecule has 0 spiro atoms. The number of carbonyl (C=O) groups excluding carboxylic acids is 1. The number of hydrogen-bond acceptors (Lipinski definition) is 2. The lowest BCUT2D eigenvalue weighted by Gasteiger charge is -2.21. The van der Waals surface area contributed by atoms with Gasteiger partial charge in [0.05, 0.1) is 6.10 Å². The number of Topliss-reactive ketones (excluding diaryl/α,β-unsaturated/α-hetero) is 1. The summed E-state index contributed by atoms with van der Waals surface area (Å²) < 4.78 is 0. The second kappa shape index (κ2) is 4.26. The largest absolute Gasteiger partial charge is 0.388 e. The van der Waals surface area contributed by atoms with E-state index in [4.69, 9.17) is 0 Å². The summed E-state index contributed by atoms with van der Waals surface area (Å²) in [7, 11) is 0. The van der Waals surface area contributed by atoms with Crippen LogP contribution in [0, 0.1) is 5.92 Å². The van der Waals surface area contributed by atoms with Gasteiger partial charge >= 0.3 is 0 Å². The minimum absolute atomic E-state index is 0.211. The van der Waals surface area contributed by atoms with E-state index < -0.39 is 6.10 Å². The average Bonchev–Trinajstić information content (AvgIpc) is 2.65. The van der Waals surface area contributed by atoms with Crippen LogP contribution in [0.3, 0.4) is 0 Å². The molecule has 0 aliphatic heterocycles. The normalized spacial score (nSPS) is 28.9. The van der Waals surface area contributed by atoms with Crippen LogP contribution in [0.25, 0.3) is 0 Å². The first-order valence-corrected chi connectivity index (χ1v) is 5.71. The van der Waals surface area contributed by atoms with Crippen molar-refractivity contribution in [2.45, 2.75) is 51.0 Å². The molecule has 1 N–H and O–H groups in total. The molecule has 1 saturated carbocycles. The Balaban J connectivity index is 1.99. The van der Waals surface area contributed by atoms with Gasteiger partial charge in [0.2, 0.25) is 0 Å². The third-order valence-electron chi connectivity index (χ3n) is 3.42. The fraction of sp³-hybridized carbons (Fsp3) is 0.750. The van der Waals surface area contributed by atoms with E-state index in [0.29, 0.717) is 5.57 Å². The molecule has 2 heteroatoms. The van der Waals surface area contributed by atoms with Crippen molar-refractivity contribution in [2.24, 2.45) is 5.92 Å². The van der Waals surface area contributed by atoms with E-state index in [9.17, 15) is 9.90 Å². The van der Waals surface area contributed by atoms with Gasteiger partial charge in [-0.15, -0.1) is 0 Å². The van der Waals surface area contributed by atoms with E-state index in [1.54, 1.807) is 0 Å². The smallest absolute Gasteiger partial charge is 0.164 e. The molecule has 1 fully saturated rings. The Kier molecular flexibility index (Phi) is 3.02. The van der Waals surface area contributed by atoms with E-state index in [-0.39, 0.29) is 11.7 Å². The fourth-order valence-electron chi connectivity index (χ4n) is 2.55. The van der Waals surface area contributed by atoms with Gasteiger partial charge < -0.3 is 5.11 Å². The van der Waals surface area contributed by atoms with Crippen molar-refractivity contribution in [3.63, 3.8) is 0 Å². The van der Waals surface area contributed by atoms with Gasteiger partial charge in [-0.25, -0.2) is 0 Å². The summed E-state index contributed by atoms with van der Waals surface area (Å²) in [6.45, 7) is 0. The molecule has 0 radical (unpaired) electrons. The average molecular weight is 194 g/mol. The standard InChI is InChI=1S/C12H18O2/c13-11-8-4-7-10(11)12(14)9-5-2-1-3-6-9/h7,9,11,13H,1-6,8H2. The first-order chi connectivity index (χ1) is 6.79. The number of ketones is 1. The highest BCUT2D eigenvalue weighted by atomic mass is 16.3. The zero-order valence-corrected chi connectivity index (χ0v) is 8.54. The summed E-state index contributed by atoms with van der Waals surface area (Å²) in [5, 5.41) is 9.60. The fourth-order valence-corrected chi connectivity index (χ4v) is 2.55. The summed E-state index contributed by atoms with van der Waals surface area (Å²) in [5.41, 5.74) is 0.705. The molecule has 1 unspecified atom stereocenters. The van der Waals surface area contributed by atoms with Crippen LogP contribution < -0.4 is 0 Å². The van der Waals surface area contributed by atoms with Crippen molar-refractivity contribution in [1.82, 2.24) is 0 Å². The number of aliphatic hydroxyl groups excluding tert-OH is 1. The Morgan fingerprint density at radius 2 is 1.93 bits per heavy atom. The Labute approximate surface area is 85.0 Å². The van der Waals surface area contributed by atoms with Gasteiger partial charge in [0.1, 0.15) is 0 Å². The predicted molar refractivity (Wildman–Crippen MR) is 54.9 cm³/mol. The van der Waals surface area contributed by atoms with E-state index >= 15 is 0 Å². The number of hydrogen-bond donors (Lipinski definition) is 1. The third-order valence-corrected chi connectivity index (χ3v) is 3.42. The first-order valence-electron chi connectivity index (χ1n) is 5.71. The molecule has 0 amide bonds. The number of allylic oxidation sites excluding steroid dienone is 1. The molecule has 2 aliphatic carbocycles. The predicted octanol–water partition coefficient (Wildman–Crippen LogP) is 2.22. The minimum atomic E-state index is -0.468. The molecule has 1 atom stereocenters. The van der Waals surface area contributed by atoms with E-state index in [0.717, 1.165) is 25.7 Å². The third kappa shape index (κ3) is 1.90. The molecule has 14 heavy (non-hydrogen) atoms. The van der Waals surface area contributed by atoms with Crippen LogP contribution in [-0.2, 0) is 4.79 Å². The van der Waals surface area contributed by atoms with E-state index in [1.165, 1.54) is 19.3 Å². The summed E-state index contributed by atoms with van der Waals surface area (Å²) in [6, 6.07) is 0. The van der Waals surface area contributed by atoms with Crippen LogP contribution in [0.5, 0.6) is 0 Å². The molecule has 0 aromatic rings. The second-order valence-corrected chi connectivity index (χ2v) is 4.45. The zero-order chi connectivity index (χ0) is 9.97. The Bertz CT molecular complexity index is 249. The van der Waals surface area contributed by atoms with Crippen LogP contribution in [0.4, 0.5) is 0 Å². The Morgan fingerprint density at radius 3 is 2.50 bits per heavy atom. The van der Waals surface area contributed by atoms with Crippen LogP contribution in [0.15, 0.2) is 11.6 Å². The van der Waals surface area contributed by atoms with Crippen molar-refractivity contribution in [3.05, 3.63) is 11.6 Å². The molecule has 2 rings (SSSR count). The van der Waals surface area contributed by atoms with Gasteiger partial charge in [-0.3, -0.25) is 4.79 Å². The molecule has 0 heterocycles. The monoisotopic (exact) mass is 194 g/mol. The van der Waals surface area contributed by atoms with Gasteiger partial charge in [0.15, 0.2) is 5.78 Å². The van der Waals surface area contributed by atoms with Gasteiger partial charge in [0.25, 0.3) is 0 Å². The highest BCUT2D eigenvalue weighted by Crippen LogP contribution is 2.30. The number of rotatable bonds is 2. The van der Waals surface area contributed by atoms with Gasteiger partial charge in [-0.1, -0.05) is 25.3 Å². The van der Waals surface area contributed by atoms with Crippen molar-refractivity contribution >= 4 is 5.78 Å². The second-order valence-electron chi connectivity index (χ2n) is 4.45. The first kappa shape index (κ1) is 9.91. The number of aliphatic hydroxyl groups is 1. The SMILES string of the molecule is O=C(C1=CCCC1O)C1CCCCC1. The Hall–Kier alpha value is -0.630. The molecular formula is C12H18O2. The van der Waals surface area contributed by atoms with Gasteiger partial charge in [-0.05, 0) is 25.7 Å². The Morgan fingerprint density at radius 1 is 1.21 bits per heavy atom. The zero-order valence-electron chi connectivity index (χ0n) is 8.54. The maximum atomic E-state index is 12.0. The van der Waals surface area contributed by atoms with E-state index in [1.807, 2.05) is 6.08 Å². The lowest BCUT2D eigenvalue weighted by molar-refractivity contribution is -0.120. The summed E-state index contributed by atoms with van der Waals surface area (Å²) in [5.74, 6) is 0.442. The number of carbonyl (C=O) groups is 1. The lowest BCUT2D eigenvalue weighted by Crippen LogP contribution is -2.23. The van der Waals surface area contributed by atoms with Gasteiger partial charge in [-0.2, -0.15) is 0 Å². The maximum absolute atomic E-state index is 12.0. The van der Waals surface area contributed by atoms with Gasteiger partial charge in [0, 0.05) is 11.5 Å². The van der Waals surface area contributed by atoms with Crippen molar-refractivity contribution < 1.29 is 9.90 Å². The van der Waals surface area contributed by atoms with Crippen molar-refractivity contribution in [3.8, 4) is 0 Å². The lowest BCUT2D eigenvalue weighted by atomic mass is 9.83. The topological polar surface area (TPSA) is 37.3 Å². The molecule has 2 aliphatic rings. The molecule has 0 saturated heterocycles. The highest BCUT2D eigenvalue weighted by molar-refractivity contribution is 5.98. The van der Waals surface area contributed by atoms with Crippen molar-refractivity contribution in [1.29, 1.82) is 0 Å². The molecular weight excluding hydrogens is 176 g/mol. The van der Waals surface area contributed by atoms with Crippen LogP contribution >= 0.6 is 0 Å². The quantitative estimate of drug-likeness (QED) is 0.731. The molecule has 2 nitrogen and oxygen atoms in total. The molecule has 78 valence electrons. The van der Waals surface area contributed by atoms with Crippen LogP contribution in [0.1, 0.15) is 44.9 Å². The van der Waals surface area contributed by atoms with Crippen molar-refractivity contribution in [2.75, 3.05) is 0 Å². The van der Waals surface area contributed by atoms with Crippen LogP contribution in [-0.4, -0.2) is 17.0 Å². The summed E-state index contributed by atoms with van der Waals surface area (Å²) in [4.78, 5) is 12.0. The molecule has 0 aromatic carbocycles. The minimum Gasteiger partial charge on any atom is -0.388 e. The molecule has 0 aromatic heterocycles. The highest BCUT2D eigenvalue weighted by Gasteiger charge is 2.29. The molecule has 0 bridgehead atoms. The summed E-state index contributed by atoms with van der Waals surface area (Å²) >= 11 is 0. The van der Waals surface area contributed by atoms with E-state index in [2.05, 4.69) is 0 Å². The summed E-state index contributed by atoms with van der Waals surface area (Å²) in [6.07, 6.45) is 8.77.